The summed E-state index contributed by atoms with van der Waals surface area (Å²) in [5, 5.41) is 12.9. The van der Waals surface area contributed by atoms with E-state index in [1.165, 1.54) is 6.07 Å². The molecule has 2 N–H and O–H groups in total. The Morgan fingerprint density at radius 1 is 1.26 bits per heavy atom. The van der Waals surface area contributed by atoms with Crippen LogP contribution in [0, 0.1) is 5.82 Å². The predicted molar refractivity (Wildman–Crippen MR) is 79.3 cm³/mol. The predicted octanol–water partition coefficient (Wildman–Crippen LogP) is 5.12. The first-order valence-corrected chi connectivity index (χ1v) is 6.84. The molecule has 0 heterocycles. The molecule has 1 unspecified atom stereocenters. The van der Waals surface area contributed by atoms with Crippen LogP contribution in [0.25, 0.3) is 0 Å². The minimum Gasteiger partial charge on any atom is -0.508 e. The van der Waals surface area contributed by atoms with Gasteiger partial charge in [-0.25, -0.2) is 4.39 Å². The van der Waals surface area contributed by atoms with Crippen LogP contribution in [0.3, 0.4) is 0 Å². The Kier molecular flexibility index (Phi) is 4.32. The lowest BCUT2D eigenvalue weighted by Gasteiger charge is -2.17. The second kappa shape index (κ2) is 5.80. The van der Waals surface area contributed by atoms with Crippen LogP contribution in [-0.4, -0.2) is 5.11 Å². The Morgan fingerprint density at radius 2 is 2.00 bits per heavy atom. The number of benzene rings is 2. The van der Waals surface area contributed by atoms with Gasteiger partial charge in [0.1, 0.15) is 11.6 Å². The van der Waals surface area contributed by atoms with Gasteiger partial charge in [0.2, 0.25) is 0 Å². The zero-order valence-corrected chi connectivity index (χ0v) is 12.5. The topological polar surface area (TPSA) is 32.3 Å². The van der Waals surface area contributed by atoms with Gasteiger partial charge in [-0.3, -0.25) is 0 Å². The van der Waals surface area contributed by atoms with E-state index in [0.29, 0.717) is 10.6 Å². The van der Waals surface area contributed by atoms with Crippen molar-refractivity contribution in [1.82, 2.24) is 0 Å². The fraction of sp³-hybridized carbons (Fsp3) is 0.143. The van der Waals surface area contributed by atoms with E-state index in [-0.39, 0.29) is 11.8 Å². The molecule has 0 aliphatic rings. The van der Waals surface area contributed by atoms with Gasteiger partial charge in [0.05, 0.1) is 16.8 Å². The fourth-order valence-corrected chi connectivity index (χ4v) is 2.32. The van der Waals surface area contributed by atoms with Crippen LogP contribution in [-0.2, 0) is 0 Å². The van der Waals surface area contributed by atoms with E-state index < -0.39 is 5.82 Å². The van der Waals surface area contributed by atoms with Crippen molar-refractivity contribution in [3.63, 3.8) is 0 Å². The number of nitrogens with one attached hydrogen (secondary N) is 1. The lowest BCUT2D eigenvalue weighted by molar-refractivity contribution is 0.467. The van der Waals surface area contributed by atoms with Crippen LogP contribution in [0.2, 0.25) is 5.02 Å². The minimum atomic E-state index is -0.453. The molecule has 19 heavy (non-hydrogen) atoms. The molecule has 0 aromatic heterocycles. The summed E-state index contributed by atoms with van der Waals surface area (Å²) in [4.78, 5) is 0. The number of anilines is 1. The summed E-state index contributed by atoms with van der Waals surface area (Å²) in [6, 6.07) is 9.25. The van der Waals surface area contributed by atoms with Crippen LogP contribution in [0.15, 0.2) is 40.9 Å². The molecule has 2 rings (SSSR count). The zero-order chi connectivity index (χ0) is 14.0. The standard InChI is InChI=1S/C14H12BrClFNO/c1-8(11-4-3-10(19)7-13(11)17)18-14-6-9(15)2-5-12(14)16/h2-8,18-19H,1H3. The van der Waals surface area contributed by atoms with Crippen LogP contribution >= 0.6 is 27.5 Å². The third kappa shape index (κ3) is 3.39. The van der Waals surface area contributed by atoms with E-state index in [9.17, 15) is 9.50 Å². The first kappa shape index (κ1) is 14.2. The second-order valence-corrected chi connectivity index (χ2v) is 5.52. The Hall–Kier alpha value is -1.26. The van der Waals surface area contributed by atoms with Crippen LogP contribution < -0.4 is 5.32 Å². The van der Waals surface area contributed by atoms with Gasteiger partial charge < -0.3 is 10.4 Å². The normalized spacial score (nSPS) is 12.2. The summed E-state index contributed by atoms with van der Waals surface area (Å²) in [6.07, 6.45) is 0. The van der Waals surface area contributed by atoms with E-state index in [1.807, 2.05) is 19.1 Å². The van der Waals surface area contributed by atoms with E-state index >= 15 is 0 Å². The maximum absolute atomic E-state index is 13.7. The molecule has 0 radical (unpaired) electrons. The number of phenols is 1. The monoisotopic (exact) mass is 343 g/mol. The number of hydrogen-bond donors (Lipinski definition) is 2. The highest BCUT2D eigenvalue weighted by atomic mass is 79.9. The van der Waals surface area contributed by atoms with Crippen molar-refractivity contribution < 1.29 is 9.50 Å². The van der Waals surface area contributed by atoms with Crippen molar-refractivity contribution in [3.05, 3.63) is 57.3 Å². The molecular formula is C14H12BrClFNO. The summed E-state index contributed by atoms with van der Waals surface area (Å²) in [7, 11) is 0. The van der Waals surface area contributed by atoms with Crippen molar-refractivity contribution in [2.24, 2.45) is 0 Å². The molecular weight excluding hydrogens is 333 g/mol. The molecule has 0 fully saturated rings. The van der Waals surface area contributed by atoms with Gasteiger partial charge in [-0.05, 0) is 31.2 Å². The molecule has 0 aliphatic heterocycles. The Labute approximate surface area is 124 Å². The first-order chi connectivity index (χ1) is 8.97. The van der Waals surface area contributed by atoms with Crippen molar-refractivity contribution in [2.45, 2.75) is 13.0 Å². The SMILES string of the molecule is CC(Nc1cc(Br)ccc1Cl)c1ccc(O)cc1F. The molecule has 100 valence electrons. The molecule has 1 atom stereocenters. The van der Waals surface area contributed by atoms with Crippen molar-refractivity contribution in [2.75, 3.05) is 5.32 Å². The molecule has 2 nitrogen and oxygen atoms in total. The van der Waals surface area contributed by atoms with E-state index in [4.69, 9.17) is 11.6 Å². The molecule has 0 bridgehead atoms. The van der Waals surface area contributed by atoms with E-state index in [1.54, 1.807) is 12.1 Å². The van der Waals surface area contributed by atoms with Gasteiger partial charge >= 0.3 is 0 Å². The average Bonchev–Trinajstić information content (AvgIpc) is 2.33. The fourth-order valence-electron chi connectivity index (χ4n) is 1.79. The lowest BCUT2D eigenvalue weighted by atomic mass is 10.1. The lowest BCUT2D eigenvalue weighted by Crippen LogP contribution is -2.08. The average molecular weight is 345 g/mol. The molecule has 0 amide bonds. The number of halogens is 3. The van der Waals surface area contributed by atoms with Gasteiger partial charge in [0.25, 0.3) is 0 Å². The highest BCUT2D eigenvalue weighted by Crippen LogP contribution is 2.30. The van der Waals surface area contributed by atoms with Crippen LogP contribution in [0.4, 0.5) is 10.1 Å². The maximum Gasteiger partial charge on any atom is 0.132 e. The minimum absolute atomic E-state index is 0.0889. The highest BCUT2D eigenvalue weighted by molar-refractivity contribution is 9.10. The van der Waals surface area contributed by atoms with Gasteiger partial charge in [-0.1, -0.05) is 33.6 Å². The summed E-state index contributed by atoms with van der Waals surface area (Å²) in [6.45, 7) is 1.83. The van der Waals surface area contributed by atoms with Gasteiger partial charge in [-0.2, -0.15) is 0 Å². The van der Waals surface area contributed by atoms with Crippen LogP contribution in [0.1, 0.15) is 18.5 Å². The Balaban J connectivity index is 2.25. The van der Waals surface area contributed by atoms with Gasteiger partial charge in [0, 0.05) is 16.1 Å². The summed E-state index contributed by atoms with van der Waals surface area (Å²) < 4.78 is 14.6. The number of hydrogen-bond acceptors (Lipinski definition) is 2. The number of phenolic OH excluding ortho intramolecular Hbond substituents is 1. The van der Waals surface area contributed by atoms with E-state index in [0.717, 1.165) is 16.2 Å². The third-order valence-electron chi connectivity index (χ3n) is 2.75. The number of aromatic hydroxyl groups is 1. The van der Waals surface area contributed by atoms with Crippen molar-refractivity contribution in [1.29, 1.82) is 0 Å². The Morgan fingerprint density at radius 3 is 2.68 bits per heavy atom. The molecule has 0 aliphatic carbocycles. The third-order valence-corrected chi connectivity index (χ3v) is 3.57. The molecule has 0 spiro atoms. The molecule has 0 saturated heterocycles. The maximum atomic E-state index is 13.7. The second-order valence-electron chi connectivity index (χ2n) is 4.20. The molecule has 2 aromatic carbocycles. The highest BCUT2D eigenvalue weighted by Gasteiger charge is 2.13. The molecule has 2 aromatic rings. The smallest absolute Gasteiger partial charge is 0.132 e. The van der Waals surface area contributed by atoms with Gasteiger partial charge in [0.15, 0.2) is 0 Å². The zero-order valence-electron chi connectivity index (χ0n) is 10.1. The van der Waals surface area contributed by atoms with Crippen molar-refractivity contribution >= 4 is 33.2 Å². The largest absolute Gasteiger partial charge is 0.508 e. The summed E-state index contributed by atoms with van der Waals surface area (Å²) in [5.74, 6) is -0.542. The quantitative estimate of drug-likeness (QED) is 0.810. The van der Waals surface area contributed by atoms with Crippen molar-refractivity contribution in [3.8, 4) is 5.75 Å². The van der Waals surface area contributed by atoms with Crippen LogP contribution in [0.5, 0.6) is 5.75 Å². The summed E-state index contributed by atoms with van der Waals surface area (Å²) >= 11 is 9.44. The first-order valence-electron chi connectivity index (χ1n) is 5.67. The molecule has 0 saturated carbocycles. The Bertz CT molecular complexity index is 606. The summed E-state index contributed by atoms with van der Waals surface area (Å²) in [5.41, 5.74) is 1.19. The number of rotatable bonds is 3. The van der Waals surface area contributed by atoms with E-state index in [2.05, 4.69) is 21.2 Å². The van der Waals surface area contributed by atoms with Gasteiger partial charge in [-0.15, -0.1) is 0 Å². The molecule has 5 heteroatoms.